The molecule has 168 valence electrons. The highest BCUT2D eigenvalue weighted by Crippen LogP contribution is 2.37. The molecule has 0 unspecified atom stereocenters. The number of carbonyl (C=O) groups excluding carboxylic acids is 1. The van der Waals surface area contributed by atoms with E-state index in [2.05, 4.69) is 19.6 Å². The van der Waals surface area contributed by atoms with Gasteiger partial charge in [0.25, 0.3) is 0 Å². The lowest BCUT2D eigenvalue weighted by Gasteiger charge is -2.30. The van der Waals surface area contributed by atoms with Gasteiger partial charge in [-0.2, -0.15) is 0 Å². The van der Waals surface area contributed by atoms with Gasteiger partial charge < -0.3 is 19.1 Å². The summed E-state index contributed by atoms with van der Waals surface area (Å²) in [7, 11) is -1.14. The zero-order chi connectivity index (χ0) is 22.5. The molecule has 1 aromatic carbocycles. The van der Waals surface area contributed by atoms with Crippen LogP contribution in [0.1, 0.15) is 32.8 Å². The molecule has 1 aliphatic rings. The number of hydrogen-bond acceptors (Lipinski definition) is 4. The molecule has 5 nitrogen and oxygen atoms in total. The predicted molar refractivity (Wildman–Crippen MR) is 126 cm³/mol. The molecule has 0 atom stereocenters. The monoisotopic (exact) mass is 473 g/mol. The fourth-order valence-electron chi connectivity index (χ4n) is 2.85. The molecule has 8 heteroatoms. The maximum Gasteiger partial charge on any atom is 0.410 e. The van der Waals surface area contributed by atoms with Crippen molar-refractivity contribution in [2.24, 2.45) is 0 Å². The highest BCUT2D eigenvalue weighted by atomic mass is 35.5. The quantitative estimate of drug-likeness (QED) is 0.250. The first-order valence-electron chi connectivity index (χ1n) is 10.2. The third-order valence-electron chi connectivity index (χ3n) is 4.52. The number of benzene rings is 1. The summed E-state index contributed by atoms with van der Waals surface area (Å²) in [6, 6.07) is 4.62. The SMILES string of the molecule is CC(C)(C)OC(=O)N1CC=C(c2cc(Cl)c(Cl)cc2OCOCC[Si](C)(C)C)CC1. The lowest BCUT2D eigenvalue weighted by atomic mass is 9.98. The highest BCUT2D eigenvalue weighted by molar-refractivity contribution is 6.76. The van der Waals surface area contributed by atoms with Crippen molar-refractivity contribution >= 4 is 42.9 Å². The summed E-state index contributed by atoms with van der Waals surface area (Å²) >= 11 is 12.5. The maximum absolute atomic E-state index is 12.3. The van der Waals surface area contributed by atoms with Gasteiger partial charge in [0, 0.05) is 39.4 Å². The molecule has 30 heavy (non-hydrogen) atoms. The molecular weight excluding hydrogens is 441 g/mol. The van der Waals surface area contributed by atoms with E-state index in [1.165, 1.54) is 0 Å². The number of rotatable bonds is 7. The molecule has 0 bridgehead atoms. The summed E-state index contributed by atoms with van der Waals surface area (Å²) in [4.78, 5) is 14.0. The molecule has 1 aliphatic heterocycles. The topological polar surface area (TPSA) is 48.0 Å². The standard InChI is InChI=1S/C22H33Cl2NO4Si/c1-22(2,3)29-21(26)25-9-7-16(8-10-25)17-13-18(23)19(24)14-20(17)28-15-27-11-12-30(4,5)6/h7,13-14H,8-12,15H2,1-6H3. The summed E-state index contributed by atoms with van der Waals surface area (Å²) in [6.07, 6.45) is 2.37. The van der Waals surface area contributed by atoms with Crippen LogP contribution in [0.15, 0.2) is 18.2 Å². The lowest BCUT2D eigenvalue weighted by Crippen LogP contribution is -2.39. The largest absolute Gasteiger partial charge is 0.467 e. The molecule has 2 rings (SSSR count). The van der Waals surface area contributed by atoms with Gasteiger partial charge >= 0.3 is 6.09 Å². The minimum Gasteiger partial charge on any atom is -0.467 e. The van der Waals surface area contributed by atoms with Gasteiger partial charge in [0.2, 0.25) is 0 Å². The zero-order valence-electron chi connectivity index (χ0n) is 18.8. The molecule has 0 aliphatic carbocycles. The van der Waals surface area contributed by atoms with Crippen LogP contribution in [0.25, 0.3) is 5.57 Å². The maximum atomic E-state index is 12.3. The Labute approximate surface area is 191 Å². The van der Waals surface area contributed by atoms with Crippen molar-refractivity contribution in [3.8, 4) is 5.75 Å². The minimum absolute atomic E-state index is 0.159. The van der Waals surface area contributed by atoms with E-state index in [-0.39, 0.29) is 12.9 Å². The Hall–Kier alpha value is -1.21. The molecule has 1 amide bonds. The van der Waals surface area contributed by atoms with Crippen molar-refractivity contribution in [2.45, 2.75) is 58.5 Å². The Morgan fingerprint density at radius 1 is 1.17 bits per heavy atom. The molecule has 0 N–H and O–H groups in total. The number of hydrogen-bond donors (Lipinski definition) is 0. The molecule has 0 aromatic heterocycles. The van der Waals surface area contributed by atoms with Gasteiger partial charge in [-0.25, -0.2) is 4.79 Å². The smallest absolute Gasteiger partial charge is 0.410 e. The van der Waals surface area contributed by atoms with Gasteiger partial charge in [-0.15, -0.1) is 0 Å². The molecule has 0 saturated heterocycles. The van der Waals surface area contributed by atoms with Crippen molar-refractivity contribution in [3.63, 3.8) is 0 Å². The number of carbonyl (C=O) groups is 1. The fraction of sp³-hybridized carbons (Fsp3) is 0.591. The van der Waals surface area contributed by atoms with Crippen LogP contribution in [0, 0.1) is 0 Å². The highest BCUT2D eigenvalue weighted by Gasteiger charge is 2.25. The van der Waals surface area contributed by atoms with Crippen molar-refractivity contribution in [3.05, 3.63) is 33.8 Å². The van der Waals surface area contributed by atoms with Crippen LogP contribution in [-0.4, -0.2) is 51.2 Å². The second-order valence-corrected chi connectivity index (χ2v) is 16.1. The first kappa shape index (κ1) is 25.1. The Morgan fingerprint density at radius 3 is 2.40 bits per heavy atom. The molecule has 1 heterocycles. The van der Waals surface area contributed by atoms with Crippen LogP contribution in [0.5, 0.6) is 5.75 Å². The summed E-state index contributed by atoms with van der Waals surface area (Å²) in [5.41, 5.74) is 1.42. The molecule has 0 saturated carbocycles. The van der Waals surface area contributed by atoms with Crippen LogP contribution in [0.3, 0.4) is 0 Å². The fourth-order valence-corrected chi connectivity index (χ4v) is 3.92. The summed E-state index contributed by atoms with van der Waals surface area (Å²) in [5.74, 6) is 0.634. The number of nitrogens with zero attached hydrogens (tertiary/aromatic N) is 1. The summed E-state index contributed by atoms with van der Waals surface area (Å²) in [6.45, 7) is 14.4. The van der Waals surface area contributed by atoms with E-state index in [9.17, 15) is 4.79 Å². The number of halogens is 2. The van der Waals surface area contributed by atoms with Crippen LogP contribution in [0.2, 0.25) is 35.7 Å². The van der Waals surface area contributed by atoms with E-state index < -0.39 is 13.7 Å². The second-order valence-electron chi connectivity index (χ2n) is 9.65. The summed E-state index contributed by atoms with van der Waals surface area (Å²) < 4.78 is 17.0. The Bertz CT molecular complexity index is 785. The van der Waals surface area contributed by atoms with Gasteiger partial charge in [-0.1, -0.05) is 48.9 Å². The minimum atomic E-state index is -1.14. The summed E-state index contributed by atoms with van der Waals surface area (Å²) in [5, 5.41) is 0.901. The van der Waals surface area contributed by atoms with E-state index in [1.54, 1.807) is 11.0 Å². The van der Waals surface area contributed by atoms with Crippen molar-refractivity contribution < 1.29 is 19.0 Å². The van der Waals surface area contributed by atoms with E-state index >= 15 is 0 Å². The molecular formula is C22H33Cl2NO4Si. The van der Waals surface area contributed by atoms with Crippen molar-refractivity contribution in [1.82, 2.24) is 4.90 Å². The molecule has 0 spiro atoms. The van der Waals surface area contributed by atoms with Gasteiger partial charge in [-0.3, -0.25) is 0 Å². The van der Waals surface area contributed by atoms with E-state index in [0.717, 1.165) is 17.2 Å². The van der Waals surface area contributed by atoms with Crippen LogP contribution < -0.4 is 4.74 Å². The van der Waals surface area contributed by atoms with E-state index in [0.29, 0.717) is 41.9 Å². The van der Waals surface area contributed by atoms with Gasteiger partial charge in [0.1, 0.15) is 11.4 Å². The normalized spacial score (nSPS) is 15.1. The first-order valence-corrected chi connectivity index (χ1v) is 14.7. The first-order chi connectivity index (χ1) is 13.9. The molecule has 0 radical (unpaired) electrons. The van der Waals surface area contributed by atoms with Gasteiger partial charge in [0.15, 0.2) is 6.79 Å². The number of ether oxygens (including phenoxy) is 3. The average Bonchev–Trinajstić information content (AvgIpc) is 2.62. The Balaban J connectivity index is 2.06. The third-order valence-corrected chi connectivity index (χ3v) is 6.95. The molecule has 0 fully saturated rings. The van der Waals surface area contributed by atoms with E-state index in [1.807, 2.05) is 32.9 Å². The van der Waals surface area contributed by atoms with Crippen molar-refractivity contribution in [2.75, 3.05) is 26.5 Å². The van der Waals surface area contributed by atoms with Gasteiger partial charge in [0.05, 0.1) is 10.0 Å². The second kappa shape index (κ2) is 10.4. The Morgan fingerprint density at radius 2 is 1.83 bits per heavy atom. The third kappa shape index (κ3) is 8.14. The average molecular weight is 475 g/mol. The van der Waals surface area contributed by atoms with Crippen LogP contribution in [0.4, 0.5) is 4.79 Å². The van der Waals surface area contributed by atoms with Crippen LogP contribution in [-0.2, 0) is 9.47 Å². The van der Waals surface area contributed by atoms with Crippen LogP contribution >= 0.6 is 23.2 Å². The number of amides is 1. The molecule has 1 aromatic rings. The Kier molecular flexibility index (Phi) is 8.68. The lowest BCUT2D eigenvalue weighted by molar-refractivity contribution is 0.0219. The predicted octanol–water partition coefficient (Wildman–Crippen LogP) is 6.71. The zero-order valence-corrected chi connectivity index (χ0v) is 21.3. The van der Waals surface area contributed by atoms with Crippen molar-refractivity contribution in [1.29, 1.82) is 0 Å². The van der Waals surface area contributed by atoms with Gasteiger partial charge in [-0.05, 0) is 44.9 Å². The van der Waals surface area contributed by atoms with E-state index in [4.69, 9.17) is 37.4 Å².